The highest BCUT2D eigenvalue weighted by Crippen LogP contribution is 2.36. The lowest BCUT2D eigenvalue weighted by Gasteiger charge is -2.39. The number of ether oxygens (including phenoxy) is 4. The summed E-state index contributed by atoms with van der Waals surface area (Å²) in [6.07, 6.45) is -1.30. The van der Waals surface area contributed by atoms with Gasteiger partial charge in [-0.1, -0.05) is 11.2 Å². The van der Waals surface area contributed by atoms with Crippen LogP contribution in [0.4, 0.5) is 0 Å². The SMILES string of the molecule is CC(=O)O[C@@H]1[C@@H](OC(C)=O)[C@H](OC(C)=O)CS[C@H]1Oc1cccc2conc12. The fourth-order valence-corrected chi connectivity index (χ4v) is 4.11. The van der Waals surface area contributed by atoms with Crippen LogP contribution in [0.1, 0.15) is 20.8 Å². The summed E-state index contributed by atoms with van der Waals surface area (Å²) in [5.41, 5.74) is -0.210. The molecule has 2 aromatic rings. The van der Waals surface area contributed by atoms with Crippen molar-refractivity contribution in [3.8, 4) is 5.75 Å². The molecule has 150 valence electrons. The van der Waals surface area contributed by atoms with Crippen LogP contribution in [0.2, 0.25) is 0 Å². The first-order valence-corrected chi connectivity index (χ1v) is 9.53. The smallest absolute Gasteiger partial charge is 0.303 e. The van der Waals surface area contributed by atoms with Gasteiger partial charge in [-0.2, -0.15) is 0 Å². The summed E-state index contributed by atoms with van der Waals surface area (Å²) >= 11 is 1.27. The molecule has 3 rings (SSSR count). The Labute approximate surface area is 164 Å². The quantitative estimate of drug-likeness (QED) is 0.537. The Hall–Kier alpha value is -2.75. The van der Waals surface area contributed by atoms with Crippen molar-refractivity contribution in [3.05, 3.63) is 24.5 Å². The summed E-state index contributed by atoms with van der Waals surface area (Å²) in [4.78, 5) is 34.7. The Morgan fingerprint density at radius 2 is 1.71 bits per heavy atom. The molecule has 0 spiro atoms. The number of esters is 3. The largest absolute Gasteiger partial charge is 0.473 e. The van der Waals surface area contributed by atoms with Crippen LogP contribution in [-0.4, -0.2) is 52.6 Å². The van der Waals surface area contributed by atoms with E-state index in [0.29, 0.717) is 11.3 Å². The third-order valence-corrected chi connectivity index (χ3v) is 5.12. The number of benzene rings is 1. The van der Waals surface area contributed by atoms with Gasteiger partial charge in [0.2, 0.25) is 0 Å². The zero-order chi connectivity index (χ0) is 20.3. The Kier molecular flexibility index (Phi) is 6.08. The van der Waals surface area contributed by atoms with Crippen LogP contribution >= 0.6 is 11.8 Å². The van der Waals surface area contributed by atoms with E-state index in [0.717, 1.165) is 5.39 Å². The standard InChI is InChI=1S/C18H19NO8S/c1-9(20)24-14-8-28-18(17(26-11(3)22)16(14)25-10(2)21)27-13-6-4-5-12-7-23-19-15(12)13/h4-7,14,16-18H,8H2,1-3H3/t14-,16+,17-,18-/m1/s1. The van der Waals surface area contributed by atoms with E-state index >= 15 is 0 Å². The average Bonchev–Trinajstić information content (AvgIpc) is 3.08. The molecule has 0 amide bonds. The number of aromatic nitrogens is 1. The van der Waals surface area contributed by atoms with Crippen LogP contribution in [-0.2, 0) is 28.6 Å². The Morgan fingerprint density at radius 1 is 1.04 bits per heavy atom. The van der Waals surface area contributed by atoms with E-state index in [1.165, 1.54) is 38.8 Å². The molecule has 28 heavy (non-hydrogen) atoms. The van der Waals surface area contributed by atoms with Gasteiger partial charge in [0, 0.05) is 31.9 Å². The van der Waals surface area contributed by atoms with E-state index in [-0.39, 0.29) is 5.75 Å². The van der Waals surface area contributed by atoms with Gasteiger partial charge in [0.25, 0.3) is 0 Å². The molecule has 0 bridgehead atoms. The van der Waals surface area contributed by atoms with Crippen molar-refractivity contribution in [3.63, 3.8) is 0 Å². The molecular weight excluding hydrogens is 390 g/mol. The number of thioether (sulfide) groups is 1. The van der Waals surface area contributed by atoms with Crippen LogP contribution in [0.5, 0.6) is 5.75 Å². The molecule has 1 saturated heterocycles. The van der Waals surface area contributed by atoms with Crippen LogP contribution in [0, 0.1) is 0 Å². The van der Waals surface area contributed by atoms with Gasteiger partial charge < -0.3 is 23.5 Å². The molecule has 0 saturated carbocycles. The van der Waals surface area contributed by atoms with Crippen LogP contribution < -0.4 is 4.74 Å². The number of carbonyl (C=O) groups is 3. The molecule has 0 unspecified atom stereocenters. The van der Waals surface area contributed by atoms with Gasteiger partial charge in [0.15, 0.2) is 35.0 Å². The highest BCUT2D eigenvalue weighted by molar-refractivity contribution is 7.99. The van der Waals surface area contributed by atoms with Gasteiger partial charge in [0.1, 0.15) is 6.26 Å². The van der Waals surface area contributed by atoms with E-state index < -0.39 is 41.7 Å². The van der Waals surface area contributed by atoms with Crippen molar-refractivity contribution in [1.29, 1.82) is 0 Å². The minimum Gasteiger partial charge on any atom is -0.473 e. The third-order valence-electron chi connectivity index (χ3n) is 3.90. The normalized spacial score (nSPS) is 24.4. The number of nitrogens with zero attached hydrogens (tertiary/aromatic N) is 1. The molecule has 1 aliphatic heterocycles. The molecule has 1 aliphatic rings. The summed E-state index contributed by atoms with van der Waals surface area (Å²) in [6, 6.07) is 5.29. The van der Waals surface area contributed by atoms with E-state index in [1.54, 1.807) is 12.1 Å². The maximum absolute atomic E-state index is 11.7. The summed E-state index contributed by atoms with van der Waals surface area (Å²) in [5.74, 6) is -0.998. The van der Waals surface area contributed by atoms with Gasteiger partial charge in [-0.25, -0.2) is 0 Å². The predicted octanol–water partition coefficient (Wildman–Crippen LogP) is 2.07. The fraction of sp³-hybridized carbons (Fsp3) is 0.444. The van der Waals surface area contributed by atoms with Gasteiger partial charge in [0.05, 0.1) is 0 Å². The minimum atomic E-state index is -1.01. The molecule has 0 N–H and O–H groups in total. The van der Waals surface area contributed by atoms with E-state index in [4.69, 9.17) is 23.5 Å². The molecule has 0 aliphatic carbocycles. The highest BCUT2D eigenvalue weighted by atomic mass is 32.2. The number of hydrogen-bond acceptors (Lipinski definition) is 10. The molecule has 0 radical (unpaired) electrons. The summed E-state index contributed by atoms with van der Waals surface area (Å²) < 4.78 is 27.0. The Morgan fingerprint density at radius 3 is 2.39 bits per heavy atom. The van der Waals surface area contributed by atoms with Crippen molar-refractivity contribution in [2.75, 3.05) is 5.75 Å². The van der Waals surface area contributed by atoms with Crippen molar-refractivity contribution in [1.82, 2.24) is 5.16 Å². The van der Waals surface area contributed by atoms with E-state index in [9.17, 15) is 14.4 Å². The van der Waals surface area contributed by atoms with Crippen LogP contribution in [0.3, 0.4) is 0 Å². The average molecular weight is 409 g/mol. The zero-order valence-corrected chi connectivity index (χ0v) is 16.3. The highest BCUT2D eigenvalue weighted by Gasteiger charge is 2.47. The van der Waals surface area contributed by atoms with Gasteiger partial charge >= 0.3 is 17.9 Å². The second kappa shape index (κ2) is 8.51. The lowest BCUT2D eigenvalue weighted by Crippen LogP contribution is -2.55. The van der Waals surface area contributed by atoms with Crippen molar-refractivity contribution < 1.29 is 37.9 Å². The maximum atomic E-state index is 11.7. The van der Waals surface area contributed by atoms with E-state index in [1.807, 2.05) is 6.07 Å². The van der Waals surface area contributed by atoms with Crippen molar-refractivity contribution in [2.24, 2.45) is 0 Å². The summed E-state index contributed by atoms with van der Waals surface area (Å²) in [6.45, 7) is 3.72. The Balaban J connectivity index is 1.90. The first kappa shape index (κ1) is 20.0. The predicted molar refractivity (Wildman–Crippen MR) is 97.5 cm³/mol. The lowest BCUT2D eigenvalue weighted by molar-refractivity contribution is -0.186. The molecular formula is C18H19NO8S. The molecule has 10 heteroatoms. The first-order chi connectivity index (χ1) is 13.3. The van der Waals surface area contributed by atoms with Crippen molar-refractivity contribution in [2.45, 2.75) is 44.5 Å². The third kappa shape index (κ3) is 4.56. The lowest BCUT2D eigenvalue weighted by atomic mass is 10.1. The monoisotopic (exact) mass is 409 g/mol. The second-order valence-electron chi connectivity index (χ2n) is 6.12. The number of hydrogen-bond donors (Lipinski definition) is 0. The number of carbonyl (C=O) groups excluding carboxylic acids is 3. The van der Waals surface area contributed by atoms with Crippen molar-refractivity contribution >= 4 is 40.6 Å². The zero-order valence-electron chi connectivity index (χ0n) is 15.4. The van der Waals surface area contributed by atoms with E-state index in [2.05, 4.69) is 5.16 Å². The molecule has 2 heterocycles. The molecule has 9 nitrogen and oxygen atoms in total. The topological polar surface area (TPSA) is 114 Å². The van der Waals surface area contributed by atoms with Gasteiger partial charge in [-0.15, -0.1) is 11.8 Å². The number of rotatable bonds is 5. The summed E-state index contributed by atoms with van der Waals surface area (Å²) in [7, 11) is 0. The summed E-state index contributed by atoms with van der Waals surface area (Å²) in [5, 5.41) is 4.67. The number of fused-ring (bicyclic) bond motifs is 1. The second-order valence-corrected chi connectivity index (χ2v) is 7.26. The Bertz CT molecular complexity index is 881. The maximum Gasteiger partial charge on any atom is 0.303 e. The van der Waals surface area contributed by atoms with Crippen LogP contribution in [0.25, 0.3) is 10.9 Å². The molecule has 1 fully saturated rings. The van der Waals surface area contributed by atoms with Crippen LogP contribution in [0.15, 0.2) is 29.0 Å². The molecule has 1 aromatic carbocycles. The van der Waals surface area contributed by atoms with Gasteiger partial charge in [-0.3, -0.25) is 14.4 Å². The molecule has 1 aromatic heterocycles. The fourth-order valence-electron chi connectivity index (χ4n) is 2.90. The van der Waals surface area contributed by atoms with Gasteiger partial charge in [-0.05, 0) is 12.1 Å². The molecule has 4 atom stereocenters. The first-order valence-electron chi connectivity index (χ1n) is 8.48. The minimum absolute atomic E-state index is 0.286.